The largest absolute Gasteiger partial charge is 0.573 e. The van der Waals surface area contributed by atoms with Gasteiger partial charge in [0.2, 0.25) is 10.0 Å². The first kappa shape index (κ1) is 34.4. The summed E-state index contributed by atoms with van der Waals surface area (Å²) in [5, 5.41) is 21.2. The van der Waals surface area contributed by atoms with Crippen molar-refractivity contribution in [1.29, 1.82) is 0 Å². The Morgan fingerprint density at radius 2 is 1.04 bits per heavy atom. The molecular weight excluding hydrogens is 676 g/mol. The normalized spacial score (nSPS) is 11.7. The van der Waals surface area contributed by atoms with Crippen molar-refractivity contribution in [3.8, 4) is 11.5 Å². The number of unbranched alkanes of at least 4 members (excludes halogenated alkanes) is 1. The zero-order valence-corrected chi connectivity index (χ0v) is 24.6. The standard InChI is InChI=1S/C26H20F8N6O4S2/c27-17-7-5-15(43-25(29,30)31)9-13(17)11-35-21(41)23-39-37-19(45-23)3-1-2-4-20-38-40-24(46-20)22(42)36-12-14-10-16(6-8-18(14)28)44-26(32,33)34/h5-10H,1-4,11-12H2,(H,35,41)(H,36,42). The predicted molar refractivity (Wildman–Crippen MR) is 145 cm³/mol. The number of aryl methyl sites for hydroxylation is 2. The second-order valence-electron chi connectivity index (χ2n) is 9.18. The molecular formula is C26H20F8N6O4S2. The summed E-state index contributed by atoms with van der Waals surface area (Å²) in [6.45, 7) is -0.838. The fourth-order valence-electron chi connectivity index (χ4n) is 3.71. The highest BCUT2D eigenvalue weighted by atomic mass is 32.1. The number of nitrogens with one attached hydrogen (secondary N) is 2. The summed E-state index contributed by atoms with van der Waals surface area (Å²) in [4.78, 5) is 24.8. The first-order valence-corrected chi connectivity index (χ1v) is 14.6. The van der Waals surface area contributed by atoms with E-state index in [0.29, 0.717) is 35.7 Å². The van der Waals surface area contributed by atoms with Gasteiger partial charge in [0.05, 0.1) is 0 Å². The van der Waals surface area contributed by atoms with Crippen LogP contribution in [0.25, 0.3) is 0 Å². The minimum absolute atomic E-state index is 0.0302. The van der Waals surface area contributed by atoms with Gasteiger partial charge in [-0.3, -0.25) is 9.59 Å². The van der Waals surface area contributed by atoms with Gasteiger partial charge in [-0.25, -0.2) is 8.78 Å². The van der Waals surface area contributed by atoms with Crippen molar-refractivity contribution >= 4 is 34.5 Å². The van der Waals surface area contributed by atoms with E-state index in [-0.39, 0.29) is 21.1 Å². The molecule has 0 spiro atoms. The van der Waals surface area contributed by atoms with Gasteiger partial charge in [0.15, 0.2) is 0 Å². The molecule has 0 atom stereocenters. The van der Waals surface area contributed by atoms with Crippen LogP contribution in [-0.2, 0) is 25.9 Å². The Bertz CT molecular complexity index is 1560. The number of amides is 2. The highest BCUT2D eigenvalue weighted by Gasteiger charge is 2.32. The molecule has 2 aromatic heterocycles. The fourth-order valence-corrected chi connectivity index (χ4v) is 5.31. The number of nitrogens with zero attached hydrogens (tertiary/aromatic N) is 4. The van der Waals surface area contributed by atoms with Crippen LogP contribution in [0.1, 0.15) is 53.6 Å². The quantitative estimate of drug-likeness (QED) is 0.131. The van der Waals surface area contributed by atoms with E-state index >= 15 is 0 Å². The van der Waals surface area contributed by atoms with Crippen LogP contribution < -0.4 is 20.1 Å². The Hall–Kier alpha value is -4.46. The van der Waals surface area contributed by atoms with Crippen LogP contribution in [-0.4, -0.2) is 44.9 Å². The van der Waals surface area contributed by atoms with E-state index in [2.05, 4.69) is 40.5 Å². The Morgan fingerprint density at radius 3 is 1.41 bits per heavy atom. The topological polar surface area (TPSA) is 128 Å². The number of alkyl halides is 6. The Morgan fingerprint density at radius 1 is 0.652 bits per heavy atom. The van der Waals surface area contributed by atoms with Gasteiger partial charge in [0.1, 0.15) is 33.1 Å². The number of hydrogen-bond donors (Lipinski definition) is 2. The molecule has 0 aliphatic heterocycles. The maximum Gasteiger partial charge on any atom is 0.573 e. The molecule has 0 unspecified atom stereocenters. The second-order valence-corrected chi connectivity index (χ2v) is 11.3. The van der Waals surface area contributed by atoms with Crippen LogP contribution in [0.5, 0.6) is 11.5 Å². The minimum Gasteiger partial charge on any atom is -0.406 e. The molecule has 0 bridgehead atoms. The number of aromatic nitrogens is 4. The molecule has 2 aromatic carbocycles. The van der Waals surface area contributed by atoms with E-state index in [0.717, 1.165) is 59.1 Å². The first-order valence-electron chi connectivity index (χ1n) is 12.9. The predicted octanol–water partition coefficient (Wildman–Crippen LogP) is 5.89. The van der Waals surface area contributed by atoms with Crippen molar-refractivity contribution < 1.29 is 54.2 Å². The summed E-state index contributed by atoms with van der Waals surface area (Å²) in [7, 11) is 0. The monoisotopic (exact) mass is 696 g/mol. The number of halogens is 8. The molecule has 10 nitrogen and oxygen atoms in total. The van der Waals surface area contributed by atoms with Gasteiger partial charge in [-0.2, -0.15) is 0 Å². The zero-order chi connectivity index (χ0) is 33.5. The van der Waals surface area contributed by atoms with Gasteiger partial charge >= 0.3 is 12.7 Å². The van der Waals surface area contributed by atoms with Crippen molar-refractivity contribution in [2.45, 2.75) is 51.5 Å². The maximum absolute atomic E-state index is 14.0. The summed E-state index contributed by atoms with van der Waals surface area (Å²) in [6.07, 6.45) is -7.87. The molecule has 0 aliphatic rings. The molecule has 2 N–H and O–H groups in total. The van der Waals surface area contributed by atoms with Gasteiger partial charge in [-0.15, -0.1) is 46.7 Å². The van der Waals surface area contributed by atoms with Crippen molar-refractivity contribution in [2.24, 2.45) is 0 Å². The van der Waals surface area contributed by atoms with Crippen LogP contribution in [0.3, 0.4) is 0 Å². The summed E-state index contributed by atoms with van der Waals surface area (Å²) in [5.41, 5.74) is -0.452. The molecule has 0 fully saturated rings. The average molecular weight is 697 g/mol. The Balaban J connectivity index is 1.19. The molecule has 4 aromatic rings. The second kappa shape index (κ2) is 14.8. The van der Waals surface area contributed by atoms with E-state index in [1.54, 1.807) is 0 Å². The highest BCUT2D eigenvalue weighted by molar-refractivity contribution is 7.13. The molecule has 2 heterocycles. The SMILES string of the molecule is O=C(NCc1cc(OC(F)(F)F)ccc1F)c1nnc(CCCCc2nnc(C(=O)NCc3cc(OC(F)(F)F)ccc3F)s2)s1. The fraction of sp³-hybridized carbons (Fsp3) is 0.308. The third-order valence-corrected chi connectivity index (χ3v) is 7.70. The van der Waals surface area contributed by atoms with Crippen LogP contribution >= 0.6 is 22.7 Å². The number of ether oxygens (including phenoxy) is 2. The van der Waals surface area contributed by atoms with E-state index in [1.165, 1.54) is 0 Å². The summed E-state index contributed by atoms with van der Waals surface area (Å²) in [6, 6.07) is 4.84. The van der Waals surface area contributed by atoms with Gasteiger partial charge in [-0.1, -0.05) is 22.7 Å². The molecule has 0 radical (unpaired) electrons. The number of carbonyl (C=O) groups excluding carboxylic acids is 2. The molecule has 4 rings (SSSR count). The van der Waals surface area contributed by atoms with Crippen LogP contribution in [0.15, 0.2) is 36.4 Å². The Kier molecular flexibility index (Phi) is 11.0. The summed E-state index contributed by atoms with van der Waals surface area (Å²) >= 11 is 1.97. The lowest BCUT2D eigenvalue weighted by Gasteiger charge is -2.11. The van der Waals surface area contributed by atoms with Crippen LogP contribution in [0.4, 0.5) is 35.1 Å². The zero-order valence-electron chi connectivity index (χ0n) is 23.0. The molecule has 0 aliphatic carbocycles. The third kappa shape index (κ3) is 10.6. The van der Waals surface area contributed by atoms with Crippen LogP contribution in [0.2, 0.25) is 0 Å². The molecule has 0 saturated carbocycles. The number of benzene rings is 2. The number of carbonyl (C=O) groups is 2. The maximum atomic E-state index is 14.0. The van der Waals surface area contributed by atoms with E-state index < -0.39 is 60.8 Å². The average Bonchev–Trinajstić information content (AvgIpc) is 3.64. The number of hydrogen-bond acceptors (Lipinski definition) is 10. The minimum atomic E-state index is -4.96. The third-order valence-electron chi connectivity index (χ3n) is 5.73. The number of rotatable bonds is 13. The van der Waals surface area contributed by atoms with Crippen molar-refractivity contribution in [1.82, 2.24) is 31.0 Å². The lowest BCUT2D eigenvalue weighted by atomic mass is 10.2. The van der Waals surface area contributed by atoms with Gasteiger partial charge in [0.25, 0.3) is 11.8 Å². The first-order chi connectivity index (χ1) is 21.6. The van der Waals surface area contributed by atoms with Gasteiger partial charge in [0, 0.05) is 37.1 Å². The van der Waals surface area contributed by atoms with Crippen molar-refractivity contribution in [3.05, 3.63) is 79.2 Å². The van der Waals surface area contributed by atoms with E-state index in [4.69, 9.17) is 0 Å². The van der Waals surface area contributed by atoms with E-state index in [1.807, 2.05) is 0 Å². The molecule has 2 amide bonds. The van der Waals surface area contributed by atoms with E-state index in [9.17, 15) is 44.7 Å². The van der Waals surface area contributed by atoms with Gasteiger partial charge < -0.3 is 20.1 Å². The molecule has 0 saturated heterocycles. The molecule has 246 valence electrons. The van der Waals surface area contributed by atoms with Crippen molar-refractivity contribution in [2.75, 3.05) is 0 Å². The lowest BCUT2D eigenvalue weighted by molar-refractivity contribution is -0.275. The summed E-state index contributed by atoms with van der Waals surface area (Å²) in [5.74, 6) is -4.34. The summed E-state index contributed by atoms with van der Waals surface area (Å²) < 4.78 is 110. The molecule has 20 heteroatoms. The Labute approximate surface area is 261 Å². The molecule has 46 heavy (non-hydrogen) atoms. The van der Waals surface area contributed by atoms with Gasteiger partial charge in [-0.05, 0) is 49.2 Å². The highest BCUT2D eigenvalue weighted by Crippen LogP contribution is 2.26. The lowest BCUT2D eigenvalue weighted by Crippen LogP contribution is -2.23. The smallest absolute Gasteiger partial charge is 0.406 e. The van der Waals surface area contributed by atoms with Crippen molar-refractivity contribution in [3.63, 3.8) is 0 Å². The van der Waals surface area contributed by atoms with Crippen LogP contribution in [0, 0.1) is 11.6 Å².